The van der Waals surface area contributed by atoms with Gasteiger partial charge in [0.05, 0.1) is 5.41 Å². The Morgan fingerprint density at radius 2 is 2.21 bits per heavy atom. The summed E-state index contributed by atoms with van der Waals surface area (Å²) >= 11 is 5.15. The van der Waals surface area contributed by atoms with E-state index >= 15 is 0 Å². The number of halogens is 1. The summed E-state index contributed by atoms with van der Waals surface area (Å²) in [7, 11) is 0. The zero-order valence-corrected chi connectivity index (χ0v) is 13.2. The molecular formula is C14H16BrNO2S. The first kappa shape index (κ1) is 14.5. The number of nitrogens with two attached hydrogens (primary N) is 1. The third-order valence-corrected chi connectivity index (χ3v) is 5.26. The summed E-state index contributed by atoms with van der Waals surface area (Å²) in [5.74, 6) is -0.816. The van der Waals surface area contributed by atoms with Crippen LogP contribution in [0.2, 0.25) is 0 Å². The average molecular weight is 342 g/mol. The zero-order valence-electron chi connectivity index (χ0n) is 10.8. The van der Waals surface area contributed by atoms with Gasteiger partial charge in [-0.25, -0.2) is 0 Å². The Hall–Kier alpha value is -0.910. The van der Waals surface area contributed by atoms with Gasteiger partial charge in [0.2, 0.25) is 0 Å². The van der Waals surface area contributed by atoms with E-state index in [1.165, 1.54) is 0 Å². The summed E-state index contributed by atoms with van der Waals surface area (Å²) in [5, 5.41) is 12.3. The van der Waals surface area contributed by atoms with Crippen LogP contribution in [0, 0.1) is 5.41 Å². The van der Waals surface area contributed by atoms with Gasteiger partial charge in [0.25, 0.3) is 0 Å². The number of thiophene rings is 1. The van der Waals surface area contributed by atoms with Crippen LogP contribution in [0.5, 0.6) is 0 Å². The van der Waals surface area contributed by atoms with E-state index in [0.717, 1.165) is 20.1 Å². The van der Waals surface area contributed by atoms with E-state index in [-0.39, 0.29) is 6.04 Å². The Balaban J connectivity index is 2.35. The highest BCUT2D eigenvalue weighted by Gasteiger charge is 2.30. The molecule has 0 aliphatic rings. The van der Waals surface area contributed by atoms with Crippen LogP contribution < -0.4 is 5.73 Å². The molecule has 0 saturated carbocycles. The first-order valence-corrected chi connectivity index (χ1v) is 7.65. The molecule has 19 heavy (non-hydrogen) atoms. The van der Waals surface area contributed by atoms with Gasteiger partial charge in [0, 0.05) is 15.2 Å². The molecule has 1 unspecified atom stereocenters. The van der Waals surface area contributed by atoms with Gasteiger partial charge in [0.15, 0.2) is 0 Å². The maximum absolute atomic E-state index is 11.2. The molecular weight excluding hydrogens is 326 g/mol. The van der Waals surface area contributed by atoms with Crippen LogP contribution in [0.4, 0.5) is 0 Å². The number of hydrogen-bond acceptors (Lipinski definition) is 3. The van der Waals surface area contributed by atoms with Crippen molar-refractivity contribution < 1.29 is 9.90 Å². The molecule has 0 spiro atoms. The van der Waals surface area contributed by atoms with Gasteiger partial charge in [-0.05, 0) is 58.6 Å². The highest BCUT2D eigenvalue weighted by Crippen LogP contribution is 2.38. The lowest BCUT2D eigenvalue weighted by Crippen LogP contribution is -2.28. The topological polar surface area (TPSA) is 63.3 Å². The van der Waals surface area contributed by atoms with Crippen LogP contribution >= 0.6 is 27.3 Å². The van der Waals surface area contributed by atoms with Gasteiger partial charge >= 0.3 is 5.97 Å². The minimum atomic E-state index is -0.820. The Morgan fingerprint density at radius 1 is 1.53 bits per heavy atom. The number of carbonyl (C=O) groups is 1. The van der Waals surface area contributed by atoms with Crippen molar-refractivity contribution in [3.8, 4) is 0 Å². The molecule has 1 aromatic carbocycles. The molecule has 102 valence electrons. The normalized spacial score (nSPS) is 13.7. The molecule has 1 aromatic heterocycles. The fraction of sp³-hybridized carbons (Fsp3) is 0.357. The smallest absolute Gasteiger partial charge is 0.309 e. The number of carboxylic acid groups (broad SMARTS) is 1. The molecule has 0 radical (unpaired) electrons. The fourth-order valence-electron chi connectivity index (χ4n) is 2.08. The quantitative estimate of drug-likeness (QED) is 0.877. The van der Waals surface area contributed by atoms with Crippen LogP contribution in [-0.2, 0) is 4.79 Å². The monoisotopic (exact) mass is 341 g/mol. The van der Waals surface area contributed by atoms with E-state index in [1.807, 2.05) is 23.6 Å². The summed E-state index contributed by atoms with van der Waals surface area (Å²) in [5.41, 5.74) is 6.41. The van der Waals surface area contributed by atoms with E-state index in [0.29, 0.717) is 6.42 Å². The predicted molar refractivity (Wildman–Crippen MR) is 82.5 cm³/mol. The number of benzene rings is 1. The zero-order chi connectivity index (χ0) is 14.2. The van der Waals surface area contributed by atoms with Crippen LogP contribution in [0.15, 0.2) is 28.1 Å². The second kappa shape index (κ2) is 5.23. The lowest BCUT2D eigenvalue weighted by Gasteiger charge is -2.23. The van der Waals surface area contributed by atoms with Gasteiger partial charge in [-0.15, -0.1) is 11.3 Å². The molecule has 0 saturated heterocycles. The summed E-state index contributed by atoms with van der Waals surface area (Å²) in [6, 6.07) is 5.72. The standard InChI is InChI=1S/C14H16BrNO2S/c1-14(2,13(17)18)6-11(16)9-7-19-12-8(9)4-3-5-10(12)15/h3-5,7,11H,6,16H2,1-2H3,(H,17,18). The van der Waals surface area contributed by atoms with Crippen LogP contribution in [0.1, 0.15) is 31.9 Å². The molecule has 3 N–H and O–H groups in total. The molecule has 1 heterocycles. The Morgan fingerprint density at radius 3 is 2.84 bits per heavy atom. The third kappa shape index (κ3) is 2.83. The van der Waals surface area contributed by atoms with Crippen molar-refractivity contribution >= 4 is 43.3 Å². The van der Waals surface area contributed by atoms with E-state index < -0.39 is 11.4 Å². The minimum absolute atomic E-state index is 0.269. The lowest BCUT2D eigenvalue weighted by atomic mass is 9.84. The fourth-order valence-corrected chi connectivity index (χ4v) is 3.76. The molecule has 2 aromatic rings. The SMILES string of the molecule is CC(C)(CC(N)c1csc2c(Br)cccc12)C(=O)O. The summed E-state index contributed by atoms with van der Waals surface area (Å²) in [6.45, 7) is 3.42. The molecule has 2 rings (SSSR count). The van der Waals surface area contributed by atoms with Crippen molar-refractivity contribution in [2.45, 2.75) is 26.3 Å². The van der Waals surface area contributed by atoms with Crippen molar-refractivity contribution in [2.24, 2.45) is 11.1 Å². The van der Waals surface area contributed by atoms with Crippen molar-refractivity contribution in [1.29, 1.82) is 0 Å². The van der Waals surface area contributed by atoms with E-state index in [2.05, 4.69) is 15.9 Å². The van der Waals surface area contributed by atoms with Crippen LogP contribution in [-0.4, -0.2) is 11.1 Å². The van der Waals surface area contributed by atoms with Gasteiger partial charge in [-0.2, -0.15) is 0 Å². The maximum atomic E-state index is 11.2. The first-order chi connectivity index (χ1) is 8.83. The van der Waals surface area contributed by atoms with Crippen molar-refractivity contribution in [3.05, 3.63) is 33.6 Å². The Kier molecular flexibility index (Phi) is 3.99. The first-order valence-electron chi connectivity index (χ1n) is 5.97. The Labute approximate surface area is 124 Å². The molecule has 5 heteroatoms. The van der Waals surface area contributed by atoms with Gasteiger partial charge < -0.3 is 10.8 Å². The second-order valence-electron chi connectivity index (χ2n) is 5.31. The summed E-state index contributed by atoms with van der Waals surface area (Å²) in [4.78, 5) is 11.2. The van der Waals surface area contributed by atoms with Gasteiger partial charge in [-0.1, -0.05) is 12.1 Å². The molecule has 0 fully saturated rings. The number of aliphatic carboxylic acids is 1. The van der Waals surface area contributed by atoms with E-state index in [9.17, 15) is 9.90 Å². The third-order valence-electron chi connectivity index (χ3n) is 3.29. The second-order valence-corrected chi connectivity index (χ2v) is 7.04. The average Bonchev–Trinajstić information content (AvgIpc) is 2.73. The lowest BCUT2D eigenvalue weighted by molar-refractivity contribution is -0.147. The van der Waals surface area contributed by atoms with Crippen molar-refractivity contribution in [2.75, 3.05) is 0 Å². The predicted octanol–water partition coefficient (Wildman–Crippen LogP) is 4.16. The number of rotatable bonds is 4. The van der Waals surface area contributed by atoms with Gasteiger partial charge in [-0.3, -0.25) is 4.79 Å². The van der Waals surface area contributed by atoms with E-state index in [4.69, 9.17) is 5.73 Å². The molecule has 3 nitrogen and oxygen atoms in total. The number of fused-ring (bicyclic) bond motifs is 1. The highest BCUT2D eigenvalue weighted by molar-refractivity contribution is 9.10. The Bertz CT molecular complexity index is 621. The molecule has 1 atom stereocenters. The highest BCUT2D eigenvalue weighted by atomic mass is 79.9. The molecule has 0 aliphatic carbocycles. The summed E-state index contributed by atoms with van der Waals surface area (Å²) < 4.78 is 2.20. The van der Waals surface area contributed by atoms with E-state index in [1.54, 1.807) is 25.2 Å². The largest absolute Gasteiger partial charge is 0.481 e. The maximum Gasteiger partial charge on any atom is 0.309 e. The number of hydrogen-bond donors (Lipinski definition) is 2. The summed E-state index contributed by atoms with van der Waals surface area (Å²) in [6.07, 6.45) is 0.417. The van der Waals surface area contributed by atoms with Crippen LogP contribution in [0.3, 0.4) is 0 Å². The molecule has 0 bridgehead atoms. The van der Waals surface area contributed by atoms with Crippen molar-refractivity contribution in [1.82, 2.24) is 0 Å². The van der Waals surface area contributed by atoms with Gasteiger partial charge in [0.1, 0.15) is 0 Å². The van der Waals surface area contributed by atoms with Crippen LogP contribution in [0.25, 0.3) is 10.1 Å². The number of carboxylic acids is 1. The molecule has 0 aliphatic heterocycles. The van der Waals surface area contributed by atoms with Crippen molar-refractivity contribution in [3.63, 3.8) is 0 Å². The molecule has 0 amide bonds. The minimum Gasteiger partial charge on any atom is -0.481 e.